The molecule has 6 heteroatoms. The van der Waals surface area contributed by atoms with E-state index in [1.807, 2.05) is 36.5 Å². The second-order valence-electron chi connectivity index (χ2n) is 5.31. The van der Waals surface area contributed by atoms with Gasteiger partial charge in [-0.25, -0.2) is 0 Å². The molecular formula is C18H27NO5. The van der Waals surface area contributed by atoms with Crippen LogP contribution in [0.4, 0.5) is 0 Å². The Labute approximate surface area is 143 Å². The lowest BCUT2D eigenvalue weighted by molar-refractivity contribution is -0.0412. The zero-order valence-electron chi connectivity index (χ0n) is 14.1. The molecule has 24 heavy (non-hydrogen) atoms. The Hall–Kier alpha value is -1.31. The molecule has 1 heterocycles. The Morgan fingerprint density at radius 3 is 2.04 bits per heavy atom. The van der Waals surface area contributed by atoms with Gasteiger partial charge in [0.2, 0.25) is 0 Å². The van der Waals surface area contributed by atoms with Gasteiger partial charge in [0, 0.05) is 6.21 Å². The molecule has 134 valence electrons. The number of hydrogen-bond acceptors (Lipinski definition) is 6. The van der Waals surface area contributed by atoms with Crippen molar-refractivity contribution in [3.63, 3.8) is 0 Å². The van der Waals surface area contributed by atoms with Crippen molar-refractivity contribution in [2.24, 2.45) is 4.99 Å². The minimum Gasteiger partial charge on any atom is -0.377 e. The molecule has 1 fully saturated rings. The monoisotopic (exact) mass is 337 g/mol. The molecule has 1 aliphatic rings. The fourth-order valence-electron chi connectivity index (χ4n) is 2.12. The van der Waals surface area contributed by atoms with Crippen LogP contribution in [0.3, 0.4) is 0 Å². The van der Waals surface area contributed by atoms with Crippen LogP contribution in [0.25, 0.3) is 0 Å². The van der Waals surface area contributed by atoms with Gasteiger partial charge in [-0.1, -0.05) is 30.3 Å². The van der Waals surface area contributed by atoms with Crippen LogP contribution in [-0.4, -0.2) is 78.3 Å². The third kappa shape index (κ3) is 9.10. The van der Waals surface area contributed by atoms with Crippen LogP contribution < -0.4 is 0 Å². The van der Waals surface area contributed by atoms with Gasteiger partial charge < -0.3 is 23.7 Å². The highest BCUT2D eigenvalue weighted by Gasteiger charge is 2.09. The Kier molecular flexibility index (Phi) is 10.3. The van der Waals surface area contributed by atoms with Crippen LogP contribution in [0.1, 0.15) is 5.56 Å². The summed E-state index contributed by atoms with van der Waals surface area (Å²) in [7, 11) is 0. The van der Waals surface area contributed by atoms with E-state index in [9.17, 15) is 0 Å². The van der Waals surface area contributed by atoms with Crippen molar-refractivity contribution in [3.05, 3.63) is 35.9 Å². The number of rotatable bonds is 3. The molecule has 0 spiro atoms. The molecular weight excluding hydrogens is 310 g/mol. The highest BCUT2D eigenvalue weighted by atomic mass is 16.6. The average Bonchev–Trinajstić information content (AvgIpc) is 2.62. The molecule has 1 aromatic rings. The molecule has 0 bridgehead atoms. The van der Waals surface area contributed by atoms with Gasteiger partial charge in [0.15, 0.2) is 0 Å². The van der Waals surface area contributed by atoms with E-state index in [1.165, 1.54) is 0 Å². The van der Waals surface area contributed by atoms with Gasteiger partial charge in [-0.15, -0.1) is 0 Å². The lowest BCUT2D eigenvalue weighted by Gasteiger charge is -2.16. The maximum Gasteiger partial charge on any atom is 0.100 e. The van der Waals surface area contributed by atoms with E-state index in [0.717, 1.165) is 5.56 Å². The van der Waals surface area contributed by atoms with Gasteiger partial charge in [0.25, 0.3) is 0 Å². The number of nitrogens with zero attached hydrogens (tertiary/aromatic N) is 1. The Morgan fingerprint density at radius 1 is 0.792 bits per heavy atom. The summed E-state index contributed by atoms with van der Waals surface area (Å²) in [5.41, 5.74) is 1.08. The molecule has 1 atom stereocenters. The maximum atomic E-state index is 5.81. The zero-order valence-corrected chi connectivity index (χ0v) is 14.1. The quantitative estimate of drug-likeness (QED) is 0.784. The van der Waals surface area contributed by atoms with Crippen LogP contribution in [0.15, 0.2) is 35.3 Å². The van der Waals surface area contributed by atoms with Gasteiger partial charge in [-0.05, 0) is 5.56 Å². The van der Waals surface area contributed by atoms with E-state index in [1.54, 1.807) is 0 Å². The molecule has 0 aromatic heterocycles. The van der Waals surface area contributed by atoms with Crippen molar-refractivity contribution >= 4 is 6.21 Å². The summed E-state index contributed by atoms with van der Waals surface area (Å²) < 4.78 is 27.7. The molecule has 0 amide bonds. The minimum absolute atomic E-state index is 0.0880. The van der Waals surface area contributed by atoms with E-state index in [0.29, 0.717) is 66.0 Å². The van der Waals surface area contributed by atoms with Crippen molar-refractivity contribution in [2.75, 3.05) is 66.0 Å². The van der Waals surface area contributed by atoms with Crippen LogP contribution in [0.2, 0.25) is 0 Å². The summed E-state index contributed by atoms with van der Waals surface area (Å²) in [6.07, 6.45) is 1.77. The van der Waals surface area contributed by atoms with E-state index < -0.39 is 0 Å². The normalized spacial score (nSPS) is 22.8. The Morgan fingerprint density at radius 2 is 1.38 bits per heavy atom. The molecule has 0 N–H and O–H groups in total. The molecule has 0 radical (unpaired) electrons. The van der Waals surface area contributed by atoms with Crippen LogP contribution >= 0.6 is 0 Å². The van der Waals surface area contributed by atoms with E-state index >= 15 is 0 Å². The largest absolute Gasteiger partial charge is 0.377 e. The minimum atomic E-state index is -0.0880. The lowest BCUT2D eigenvalue weighted by Crippen LogP contribution is -2.26. The molecule has 1 aliphatic heterocycles. The summed E-state index contributed by atoms with van der Waals surface area (Å²) in [6, 6.07) is 10.0. The van der Waals surface area contributed by atoms with Gasteiger partial charge in [-0.3, -0.25) is 4.99 Å². The fraction of sp³-hybridized carbons (Fsp3) is 0.611. The van der Waals surface area contributed by atoms with E-state index in [2.05, 4.69) is 4.99 Å². The second kappa shape index (κ2) is 13.0. The molecule has 1 unspecified atom stereocenters. The van der Waals surface area contributed by atoms with Gasteiger partial charge in [-0.2, -0.15) is 0 Å². The lowest BCUT2D eigenvalue weighted by atomic mass is 10.2. The first kappa shape index (κ1) is 19.0. The maximum absolute atomic E-state index is 5.81. The average molecular weight is 337 g/mol. The van der Waals surface area contributed by atoms with E-state index in [4.69, 9.17) is 23.7 Å². The summed E-state index contributed by atoms with van der Waals surface area (Å²) in [5, 5.41) is 0. The Balaban J connectivity index is 1.75. The number of benzene rings is 1. The SMILES string of the molecule is C(=NCC1COCCOCCOCCOCCO1)c1ccccc1. The number of hydrogen-bond donors (Lipinski definition) is 0. The van der Waals surface area contributed by atoms with Crippen molar-refractivity contribution in [3.8, 4) is 0 Å². The van der Waals surface area contributed by atoms with Gasteiger partial charge in [0.05, 0.1) is 66.0 Å². The van der Waals surface area contributed by atoms with Crippen molar-refractivity contribution in [1.29, 1.82) is 0 Å². The van der Waals surface area contributed by atoms with Crippen LogP contribution in [0.5, 0.6) is 0 Å². The van der Waals surface area contributed by atoms with Crippen molar-refractivity contribution < 1.29 is 23.7 Å². The summed E-state index contributed by atoms with van der Waals surface area (Å²) in [4.78, 5) is 4.46. The first-order valence-corrected chi connectivity index (χ1v) is 8.42. The van der Waals surface area contributed by atoms with E-state index in [-0.39, 0.29) is 6.10 Å². The molecule has 0 aliphatic carbocycles. The zero-order chi connectivity index (χ0) is 16.7. The molecule has 1 saturated heterocycles. The second-order valence-corrected chi connectivity index (χ2v) is 5.31. The number of aliphatic imine (C=N–C) groups is 1. The third-order valence-corrected chi connectivity index (χ3v) is 3.35. The van der Waals surface area contributed by atoms with Gasteiger partial charge in [0.1, 0.15) is 6.10 Å². The standard InChI is InChI=1S/C18H27NO5/c1-2-4-17(5-3-1)14-19-15-18-16-23-11-10-21-7-6-20-8-9-22-12-13-24-18/h1-5,14,18H,6-13,15-16H2. The topological polar surface area (TPSA) is 58.5 Å². The third-order valence-electron chi connectivity index (χ3n) is 3.35. The Bertz CT molecular complexity index is 424. The predicted octanol–water partition coefficient (Wildman–Crippen LogP) is 1.57. The highest BCUT2D eigenvalue weighted by Crippen LogP contribution is 1.99. The number of ether oxygens (including phenoxy) is 5. The molecule has 2 rings (SSSR count). The summed E-state index contributed by atoms with van der Waals surface area (Å²) in [5.74, 6) is 0. The molecule has 0 saturated carbocycles. The van der Waals surface area contributed by atoms with Crippen LogP contribution in [0, 0.1) is 0 Å². The van der Waals surface area contributed by atoms with Gasteiger partial charge >= 0.3 is 0 Å². The first-order chi connectivity index (χ1) is 11.9. The fourth-order valence-corrected chi connectivity index (χ4v) is 2.12. The predicted molar refractivity (Wildman–Crippen MR) is 91.9 cm³/mol. The molecule has 1 aromatic carbocycles. The van der Waals surface area contributed by atoms with Crippen LogP contribution in [-0.2, 0) is 23.7 Å². The summed E-state index contributed by atoms with van der Waals surface area (Å²) in [6.45, 7) is 5.50. The van der Waals surface area contributed by atoms with Crippen molar-refractivity contribution in [1.82, 2.24) is 0 Å². The van der Waals surface area contributed by atoms with Crippen molar-refractivity contribution in [2.45, 2.75) is 6.10 Å². The summed E-state index contributed by atoms with van der Waals surface area (Å²) >= 11 is 0. The highest BCUT2D eigenvalue weighted by molar-refractivity contribution is 5.79. The smallest absolute Gasteiger partial charge is 0.100 e. The first-order valence-electron chi connectivity index (χ1n) is 8.42. The molecule has 6 nitrogen and oxygen atoms in total.